The molecule has 29 heavy (non-hydrogen) atoms. The Morgan fingerprint density at radius 2 is 2.03 bits per heavy atom. The highest BCUT2D eigenvalue weighted by Gasteiger charge is 2.33. The first-order chi connectivity index (χ1) is 14.2. The summed E-state index contributed by atoms with van der Waals surface area (Å²) in [7, 11) is 3.58. The molecule has 1 amide bonds. The normalized spacial score (nSPS) is 16.9. The first-order valence-electron chi connectivity index (χ1n) is 10.0. The molecule has 7 nitrogen and oxygen atoms in total. The van der Waals surface area contributed by atoms with Gasteiger partial charge in [-0.3, -0.25) is 4.79 Å². The maximum Gasteiger partial charge on any atom is 0.271 e. The van der Waals surface area contributed by atoms with Crippen LogP contribution in [0.25, 0.3) is 11.3 Å². The van der Waals surface area contributed by atoms with Gasteiger partial charge in [-0.25, -0.2) is 0 Å². The van der Waals surface area contributed by atoms with Gasteiger partial charge < -0.3 is 18.7 Å². The van der Waals surface area contributed by atoms with Gasteiger partial charge in [0, 0.05) is 32.8 Å². The van der Waals surface area contributed by atoms with Gasteiger partial charge in [-0.15, -0.1) is 0 Å². The van der Waals surface area contributed by atoms with Gasteiger partial charge >= 0.3 is 0 Å². The highest BCUT2D eigenvalue weighted by atomic mass is 16.5. The average molecular weight is 394 g/mol. The van der Waals surface area contributed by atoms with Crippen molar-refractivity contribution in [3.8, 4) is 11.3 Å². The Labute approximate surface area is 170 Å². The van der Waals surface area contributed by atoms with Crippen LogP contribution in [-0.2, 0) is 18.2 Å². The van der Waals surface area contributed by atoms with Crippen LogP contribution in [0.5, 0.6) is 0 Å². The Hall–Kier alpha value is -2.93. The smallest absolute Gasteiger partial charge is 0.271 e. The van der Waals surface area contributed by atoms with Crippen LogP contribution in [0.15, 0.2) is 47.0 Å². The molecule has 1 atom stereocenters. The van der Waals surface area contributed by atoms with E-state index in [1.807, 2.05) is 59.0 Å². The second kappa shape index (κ2) is 8.61. The first-order valence-corrected chi connectivity index (χ1v) is 10.0. The van der Waals surface area contributed by atoms with Gasteiger partial charge in [0.2, 0.25) is 5.89 Å². The number of carbonyl (C=O) groups excluding carboxylic acids is 1. The Morgan fingerprint density at radius 3 is 2.83 bits per heavy atom. The molecule has 3 heterocycles. The third kappa shape index (κ3) is 3.96. The standard InChI is InChI=1S/C22H26N4O3/c1-25-17(16-8-4-3-5-9-16)11-12-19(25)22(27)26-14-7-6-10-18(26)21-23-20(24-29-21)13-15-28-2/h3-5,8-9,11-12,18H,6-7,10,13-15H2,1-2H3. The quantitative estimate of drug-likeness (QED) is 0.638. The number of benzene rings is 1. The van der Waals surface area contributed by atoms with E-state index in [-0.39, 0.29) is 11.9 Å². The summed E-state index contributed by atoms with van der Waals surface area (Å²) >= 11 is 0. The number of nitrogens with zero attached hydrogens (tertiary/aromatic N) is 4. The van der Waals surface area contributed by atoms with Crippen LogP contribution in [-0.4, -0.2) is 45.8 Å². The summed E-state index contributed by atoms with van der Waals surface area (Å²) in [5.41, 5.74) is 2.76. The number of amides is 1. The predicted octanol–water partition coefficient (Wildman–Crippen LogP) is 3.63. The molecule has 0 bridgehead atoms. The van der Waals surface area contributed by atoms with E-state index >= 15 is 0 Å². The van der Waals surface area contributed by atoms with Crippen molar-refractivity contribution in [2.24, 2.45) is 7.05 Å². The van der Waals surface area contributed by atoms with E-state index in [1.165, 1.54) is 0 Å². The molecule has 1 fully saturated rings. The Kier molecular flexibility index (Phi) is 5.76. The maximum absolute atomic E-state index is 13.4. The van der Waals surface area contributed by atoms with Crippen LogP contribution in [0.2, 0.25) is 0 Å². The summed E-state index contributed by atoms with van der Waals surface area (Å²) in [6.45, 7) is 1.23. The van der Waals surface area contributed by atoms with Crippen molar-refractivity contribution in [3.05, 3.63) is 59.9 Å². The zero-order valence-electron chi connectivity index (χ0n) is 16.9. The molecule has 2 aromatic heterocycles. The van der Waals surface area contributed by atoms with Gasteiger partial charge in [0.25, 0.3) is 5.91 Å². The van der Waals surface area contributed by atoms with E-state index < -0.39 is 0 Å². The lowest BCUT2D eigenvalue weighted by atomic mass is 10.0. The summed E-state index contributed by atoms with van der Waals surface area (Å²) in [5.74, 6) is 1.13. The lowest BCUT2D eigenvalue weighted by Gasteiger charge is -2.33. The first kappa shape index (κ1) is 19.4. The SMILES string of the molecule is COCCc1noc(C2CCCCN2C(=O)c2ccc(-c3ccccc3)n2C)n1. The molecule has 0 spiro atoms. The largest absolute Gasteiger partial charge is 0.384 e. The fraction of sp³-hybridized carbons (Fsp3) is 0.409. The zero-order chi connectivity index (χ0) is 20.2. The number of rotatable bonds is 6. The molecule has 1 aliphatic heterocycles. The molecule has 1 unspecified atom stereocenters. The minimum absolute atomic E-state index is 0.00368. The summed E-state index contributed by atoms with van der Waals surface area (Å²) in [6.07, 6.45) is 3.43. The van der Waals surface area contributed by atoms with E-state index in [4.69, 9.17) is 9.26 Å². The second-order valence-corrected chi connectivity index (χ2v) is 7.33. The van der Waals surface area contributed by atoms with Gasteiger partial charge in [0.15, 0.2) is 5.82 Å². The molecule has 4 rings (SSSR count). The molecule has 152 valence electrons. The molecule has 1 aromatic carbocycles. The van der Waals surface area contributed by atoms with Crippen molar-refractivity contribution in [1.29, 1.82) is 0 Å². The molecular formula is C22H26N4O3. The molecule has 0 N–H and O–H groups in total. The fourth-order valence-electron chi connectivity index (χ4n) is 3.90. The van der Waals surface area contributed by atoms with E-state index in [0.29, 0.717) is 37.0 Å². The molecule has 0 radical (unpaired) electrons. The van der Waals surface area contributed by atoms with Crippen LogP contribution < -0.4 is 0 Å². The Bertz CT molecular complexity index is 964. The summed E-state index contributed by atoms with van der Waals surface area (Å²) in [5, 5.41) is 4.05. The Balaban J connectivity index is 1.58. The molecule has 1 aliphatic rings. The number of methoxy groups -OCH3 is 1. The fourth-order valence-corrected chi connectivity index (χ4v) is 3.90. The Morgan fingerprint density at radius 1 is 1.21 bits per heavy atom. The van der Waals surface area contributed by atoms with Gasteiger partial charge in [-0.2, -0.15) is 4.98 Å². The lowest BCUT2D eigenvalue weighted by Crippen LogP contribution is -2.39. The van der Waals surface area contributed by atoms with Crippen molar-refractivity contribution in [1.82, 2.24) is 19.6 Å². The monoisotopic (exact) mass is 394 g/mol. The van der Waals surface area contributed by atoms with Crippen LogP contribution in [0.4, 0.5) is 0 Å². The van der Waals surface area contributed by atoms with Crippen molar-refractivity contribution >= 4 is 5.91 Å². The van der Waals surface area contributed by atoms with Crippen LogP contribution in [0.3, 0.4) is 0 Å². The lowest BCUT2D eigenvalue weighted by molar-refractivity contribution is 0.0552. The van der Waals surface area contributed by atoms with Crippen molar-refractivity contribution in [2.75, 3.05) is 20.3 Å². The predicted molar refractivity (Wildman–Crippen MR) is 108 cm³/mol. The van der Waals surface area contributed by atoms with Crippen molar-refractivity contribution < 1.29 is 14.1 Å². The number of aromatic nitrogens is 3. The van der Waals surface area contributed by atoms with E-state index in [9.17, 15) is 4.79 Å². The number of ether oxygens (including phenoxy) is 1. The number of piperidine rings is 1. The maximum atomic E-state index is 13.4. The molecule has 3 aromatic rings. The highest BCUT2D eigenvalue weighted by molar-refractivity contribution is 5.94. The van der Waals surface area contributed by atoms with E-state index in [1.54, 1.807) is 7.11 Å². The highest BCUT2D eigenvalue weighted by Crippen LogP contribution is 2.32. The summed E-state index contributed by atoms with van der Waals surface area (Å²) in [4.78, 5) is 19.8. The molecule has 0 saturated carbocycles. The third-order valence-electron chi connectivity index (χ3n) is 5.47. The van der Waals surface area contributed by atoms with Gasteiger partial charge in [-0.05, 0) is 37.0 Å². The number of hydrogen-bond acceptors (Lipinski definition) is 5. The van der Waals surface area contributed by atoms with Crippen LogP contribution in [0.1, 0.15) is 47.5 Å². The van der Waals surface area contributed by atoms with E-state index in [2.05, 4.69) is 10.1 Å². The van der Waals surface area contributed by atoms with Crippen molar-refractivity contribution in [2.45, 2.75) is 31.7 Å². The van der Waals surface area contributed by atoms with Gasteiger partial charge in [-0.1, -0.05) is 35.5 Å². The van der Waals surface area contributed by atoms with E-state index in [0.717, 1.165) is 30.5 Å². The number of likely N-dealkylation sites (tertiary alicyclic amines) is 1. The number of hydrogen-bond donors (Lipinski definition) is 0. The summed E-state index contributed by atoms with van der Waals surface area (Å²) < 4.78 is 12.5. The summed E-state index contributed by atoms with van der Waals surface area (Å²) in [6, 6.07) is 13.8. The zero-order valence-corrected chi connectivity index (χ0v) is 16.9. The van der Waals surface area contributed by atoms with Crippen LogP contribution >= 0.6 is 0 Å². The number of carbonyl (C=O) groups is 1. The minimum atomic E-state index is -0.185. The minimum Gasteiger partial charge on any atom is -0.384 e. The van der Waals surface area contributed by atoms with Crippen molar-refractivity contribution in [3.63, 3.8) is 0 Å². The molecular weight excluding hydrogens is 368 g/mol. The van der Waals surface area contributed by atoms with Gasteiger partial charge in [0.05, 0.1) is 6.61 Å². The molecule has 0 aliphatic carbocycles. The average Bonchev–Trinajstić information content (AvgIpc) is 3.39. The third-order valence-corrected chi connectivity index (χ3v) is 5.47. The molecule has 7 heteroatoms. The second-order valence-electron chi connectivity index (χ2n) is 7.33. The van der Waals surface area contributed by atoms with Crippen LogP contribution in [0, 0.1) is 0 Å². The molecule has 1 saturated heterocycles. The van der Waals surface area contributed by atoms with Gasteiger partial charge in [0.1, 0.15) is 11.7 Å². The topological polar surface area (TPSA) is 73.4 Å².